The second-order valence-corrected chi connectivity index (χ2v) is 8.01. The number of carboxylic acids is 1. The van der Waals surface area contributed by atoms with Crippen LogP contribution in [-0.4, -0.2) is 27.6 Å². The number of thiazole rings is 1. The van der Waals surface area contributed by atoms with Crippen molar-refractivity contribution in [2.24, 2.45) is 0 Å². The predicted molar refractivity (Wildman–Crippen MR) is 105 cm³/mol. The second-order valence-electron chi connectivity index (χ2n) is 6.22. The topological polar surface area (TPSA) is 79.7 Å². The number of aromatic nitrogens is 1. The van der Waals surface area contributed by atoms with Crippen LogP contribution in [0, 0.1) is 0 Å². The van der Waals surface area contributed by atoms with Gasteiger partial charge in [-0.1, -0.05) is 46.7 Å². The van der Waals surface area contributed by atoms with Gasteiger partial charge in [-0.25, -0.2) is 9.88 Å². The lowest BCUT2D eigenvalue weighted by Crippen LogP contribution is -2.53. The monoisotopic (exact) mass is 422 g/mol. The molecule has 1 amide bonds. The van der Waals surface area contributed by atoms with Crippen molar-refractivity contribution in [2.75, 3.05) is 4.90 Å². The number of amides is 1. The van der Waals surface area contributed by atoms with Crippen molar-refractivity contribution >= 4 is 67.5 Å². The van der Waals surface area contributed by atoms with Crippen molar-refractivity contribution in [3.05, 3.63) is 46.4 Å². The lowest BCUT2D eigenvalue weighted by molar-refractivity contribution is -0.148. The van der Waals surface area contributed by atoms with Gasteiger partial charge in [0.1, 0.15) is 11.3 Å². The molecule has 9 heteroatoms. The Morgan fingerprint density at radius 3 is 2.78 bits per heavy atom. The van der Waals surface area contributed by atoms with Gasteiger partial charge < -0.3 is 9.84 Å². The molecular formula is C18H12Cl2N2O4S. The van der Waals surface area contributed by atoms with Crippen LogP contribution >= 0.6 is 34.5 Å². The molecule has 27 heavy (non-hydrogen) atoms. The van der Waals surface area contributed by atoms with E-state index in [4.69, 9.17) is 27.9 Å². The second kappa shape index (κ2) is 6.37. The summed E-state index contributed by atoms with van der Waals surface area (Å²) >= 11 is 13.6. The van der Waals surface area contributed by atoms with E-state index in [-0.39, 0.29) is 0 Å². The lowest BCUT2D eigenvalue weighted by atomic mass is 9.97. The number of nitrogens with zero attached hydrogens (tertiary/aromatic N) is 2. The first-order valence-electron chi connectivity index (χ1n) is 7.89. The highest BCUT2D eigenvalue weighted by molar-refractivity contribution is 7.22. The van der Waals surface area contributed by atoms with Crippen molar-refractivity contribution < 1.29 is 19.4 Å². The molecule has 4 rings (SSSR count). The van der Waals surface area contributed by atoms with Crippen LogP contribution in [0.5, 0.6) is 5.75 Å². The molecule has 1 aromatic heterocycles. The summed E-state index contributed by atoms with van der Waals surface area (Å²) in [4.78, 5) is 30.4. The van der Waals surface area contributed by atoms with Crippen LogP contribution in [0.1, 0.15) is 13.3 Å². The normalized spacial score (nSPS) is 19.1. The molecule has 0 saturated heterocycles. The van der Waals surface area contributed by atoms with Crippen LogP contribution in [0.4, 0.5) is 10.8 Å². The molecule has 1 aliphatic rings. The first kappa shape index (κ1) is 18.0. The average molecular weight is 423 g/mol. The summed E-state index contributed by atoms with van der Waals surface area (Å²) in [5.74, 6) is -1.24. The molecule has 1 aliphatic heterocycles. The lowest BCUT2D eigenvalue weighted by Gasteiger charge is -2.38. The number of para-hydroxylation sites is 2. The summed E-state index contributed by atoms with van der Waals surface area (Å²) in [6.07, 6.45) is -0.478. The highest BCUT2D eigenvalue weighted by Crippen LogP contribution is 2.46. The molecule has 2 aromatic carbocycles. The summed E-state index contributed by atoms with van der Waals surface area (Å²) in [6, 6.07) is 10.4. The van der Waals surface area contributed by atoms with Crippen LogP contribution in [0.25, 0.3) is 10.2 Å². The summed E-state index contributed by atoms with van der Waals surface area (Å²) in [7, 11) is 0. The van der Waals surface area contributed by atoms with Crippen molar-refractivity contribution in [2.45, 2.75) is 18.9 Å². The molecule has 0 radical (unpaired) electrons. The van der Waals surface area contributed by atoms with Crippen molar-refractivity contribution in [1.82, 2.24) is 4.98 Å². The number of hydrogen-bond acceptors (Lipinski definition) is 5. The summed E-state index contributed by atoms with van der Waals surface area (Å²) in [5.41, 5.74) is -0.577. The van der Waals surface area contributed by atoms with E-state index in [0.717, 1.165) is 4.70 Å². The third-order valence-corrected chi connectivity index (χ3v) is 6.02. The summed E-state index contributed by atoms with van der Waals surface area (Å²) in [6.45, 7) is 1.46. The van der Waals surface area contributed by atoms with Gasteiger partial charge in [-0.15, -0.1) is 0 Å². The van der Waals surface area contributed by atoms with E-state index in [9.17, 15) is 14.7 Å². The number of fused-ring (bicyclic) bond motifs is 2. The molecule has 0 aliphatic carbocycles. The molecule has 0 saturated carbocycles. The van der Waals surface area contributed by atoms with Gasteiger partial charge in [-0.3, -0.25) is 9.59 Å². The molecule has 2 heterocycles. The maximum Gasteiger partial charge on any atom is 0.307 e. The van der Waals surface area contributed by atoms with Gasteiger partial charge in [0, 0.05) is 0 Å². The number of aliphatic carboxylic acids is 1. The standard InChI is InChI=1S/C18H12Cl2N2O4S/c1-18(8-13(23)24)16(25)22(10-4-2-3-5-11(10)26-18)17-21-15-12(27-17)7-6-9(19)14(15)20/h2-7H,8H2,1H3,(H,23,24). The Bertz CT molecular complexity index is 1100. The third kappa shape index (κ3) is 2.92. The van der Waals surface area contributed by atoms with Crippen molar-refractivity contribution in [3.8, 4) is 5.75 Å². The fourth-order valence-electron chi connectivity index (χ4n) is 2.97. The van der Waals surface area contributed by atoms with Gasteiger partial charge in [-0.2, -0.15) is 0 Å². The highest BCUT2D eigenvalue weighted by atomic mass is 35.5. The Morgan fingerprint density at radius 1 is 1.30 bits per heavy atom. The van der Waals surface area contributed by atoms with Crippen LogP contribution in [0.15, 0.2) is 36.4 Å². The first-order valence-corrected chi connectivity index (χ1v) is 9.46. The number of benzene rings is 2. The van der Waals surface area contributed by atoms with Crippen molar-refractivity contribution in [1.29, 1.82) is 0 Å². The smallest absolute Gasteiger partial charge is 0.307 e. The number of ether oxygens (including phenoxy) is 1. The predicted octanol–water partition coefficient (Wildman–Crippen LogP) is 4.89. The number of carbonyl (C=O) groups is 2. The van der Waals surface area contributed by atoms with Crippen LogP contribution in [0.3, 0.4) is 0 Å². The Kier molecular flexibility index (Phi) is 4.25. The van der Waals surface area contributed by atoms with Gasteiger partial charge in [-0.05, 0) is 31.2 Å². The number of carbonyl (C=O) groups excluding carboxylic acids is 1. The highest BCUT2D eigenvalue weighted by Gasteiger charge is 2.47. The Hall–Kier alpha value is -2.35. The van der Waals surface area contributed by atoms with E-state index < -0.39 is 23.9 Å². The quantitative estimate of drug-likeness (QED) is 0.649. The minimum absolute atomic E-state index is 0.305. The SMILES string of the molecule is CC1(CC(=O)O)Oc2ccccc2N(c2nc3c(Cl)c(Cl)ccc3s2)C1=O. The van der Waals surface area contributed by atoms with E-state index in [1.54, 1.807) is 36.4 Å². The van der Waals surface area contributed by atoms with Gasteiger partial charge >= 0.3 is 5.97 Å². The number of hydrogen-bond donors (Lipinski definition) is 1. The van der Waals surface area contributed by atoms with E-state index >= 15 is 0 Å². The summed E-state index contributed by atoms with van der Waals surface area (Å²) in [5, 5.41) is 10.3. The van der Waals surface area contributed by atoms with E-state index in [2.05, 4.69) is 4.98 Å². The minimum atomic E-state index is -1.56. The van der Waals surface area contributed by atoms with E-state index in [1.807, 2.05) is 0 Å². The zero-order chi connectivity index (χ0) is 19.3. The molecular weight excluding hydrogens is 411 g/mol. The van der Waals surface area contributed by atoms with Crippen molar-refractivity contribution in [3.63, 3.8) is 0 Å². The van der Waals surface area contributed by atoms with Gasteiger partial charge in [0.2, 0.25) is 0 Å². The fourth-order valence-corrected chi connectivity index (χ4v) is 4.37. The van der Waals surface area contributed by atoms with E-state index in [1.165, 1.54) is 23.2 Å². The van der Waals surface area contributed by atoms with Gasteiger partial charge in [0.15, 0.2) is 10.7 Å². The molecule has 6 nitrogen and oxygen atoms in total. The van der Waals surface area contributed by atoms with Crippen LogP contribution in [-0.2, 0) is 9.59 Å². The van der Waals surface area contributed by atoms with Crippen LogP contribution < -0.4 is 9.64 Å². The molecule has 1 atom stereocenters. The number of rotatable bonds is 3. The summed E-state index contributed by atoms with van der Waals surface area (Å²) < 4.78 is 6.53. The zero-order valence-electron chi connectivity index (χ0n) is 13.9. The van der Waals surface area contributed by atoms with E-state index in [0.29, 0.717) is 32.1 Å². The minimum Gasteiger partial charge on any atom is -0.481 e. The number of halogens is 2. The Morgan fingerprint density at radius 2 is 2.04 bits per heavy atom. The number of anilines is 2. The maximum absolute atomic E-state index is 13.2. The Labute approximate surface area is 167 Å². The molecule has 138 valence electrons. The fraction of sp³-hybridized carbons (Fsp3) is 0.167. The van der Waals surface area contributed by atoms with Gasteiger partial charge in [0.05, 0.1) is 26.9 Å². The molecule has 0 bridgehead atoms. The zero-order valence-corrected chi connectivity index (χ0v) is 16.2. The number of carboxylic acid groups (broad SMARTS) is 1. The molecule has 3 aromatic rings. The van der Waals surface area contributed by atoms with Crippen LogP contribution in [0.2, 0.25) is 10.0 Å². The molecule has 1 N–H and O–H groups in total. The molecule has 1 unspecified atom stereocenters. The Balaban J connectivity index is 1.91. The maximum atomic E-state index is 13.2. The average Bonchev–Trinajstić information content (AvgIpc) is 3.03. The molecule has 0 spiro atoms. The third-order valence-electron chi connectivity index (χ3n) is 4.22. The molecule has 0 fully saturated rings. The first-order chi connectivity index (χ1) is 12.8. The largest absolute Gasteiger partial charge is 0.481 e. The van der Waals surface area contributed by atoms with Gasteiger partial charge in [0.25, 0.3) is 5.91 Å².